The minimum Gasteiger partial charge on any atom is -0.312 e. The molecule has 0 aliphatic carbocycles. The van der Waals surface area contributed by atoms with E-state index in [4.69, 9.17) is 23.2 Å². The summed E-state index contributed by atoms with van der Waals surface area (Å²) >= 11 is 12.0. The Morgan fingerprint density at radius 1 is 1.30 bits per heavy atom. The van der Waals surface area contributed by atoms with Gasteiger partial charge in [0.2, 0.25) is 0 Å². The van der Waals surface area contributed by atoms with Crippen molar-refractivity contribution in [3.05, 3.63) is 61.5 Å². The number of aromatic nitrogens is 2. The minimum absolute atomic E-state index is 0.113. The maximum Gasteiger partial charge on any atom is 0.267 e. The molecular formula is C14H13Cl2N3O. The van der Waals surface area contributed by atoms with Crippen molar-refractivity contribution in [2.45, 2.75) is 19.5 Å². The van der Waals surface area contributed by atoms with E-state index < -0.39 is 0 Å². The normalized spacial score (nSPS) is 14.1. The summed E-state index contributed by atoms with van der Waals surface area (Å²) in [4.78, 5) is 12.1. The predicted molar refractivity (Wildman–Crippen MR) is 79.5 cm³/mol. The summed E-state index contributed by atoms with van der Waals surface area (Å²) in [6.07, 6.45) is 0.837. The topological polar surface area (TPSA) is 46.9 Å². The van der Waals surface area contributed by atoms with Gasteiger partial charge in [-0.15, -0.1) is 0 Å². The van der Waals surface area contributed by atoms with Crippen LogP contribution < -0.4 is 10.9 Å². The van der Waals surface area contributed by atoms with Crippen LogP contribution in [-0.4, -0.2) is 16.3 Å². The summed E-state index contributed by atoms with van der Waals surface area (Å²) in [7, 11) is 0. The lowest BCUT2D eigenvalue weighted by atomic mass is 10.1. The fraction of sp³-hybridized carbons (Fsp3) is 0.286. The Balaban J connectivity index is 1.96. The van der Waals surface area contributed by atoms with Gasteiger partial charge in [0, 0.05) is 35.6 Å². The summed E-state index contributed by atoms with van der Waals surface area (Å²) in [5.41, 5.74) is 2.69. The van der Waals surface area contributed by atoms with Crippen molar-refractivity contribution in [1.29, 1.82) is 0 Å². The van der Waals surface area contributed by atoms with E-state index in [1.807, 2.05) is 6.07 Å². The molecule has 0 unspecified atom stereocenters. The molecule has 0 fully saturated rings. The third-order valence-corrected chi connectivity index (χ3v) is 3.94. The quantitative estimate of drug-likeness (QED) is 0.925. The Hall–Kier alpha value is -1.36. The SMILES string of the molecule is O=c1cc2c(nn1Cc1ccc(Cl)cc1Cl)CCNC2. The molecular weight excluding hydrogens is 297 g/mol. The number of benzene rings is 1. The molecule has 0 saturated carbocycles. The van der Waals surface area contributed by atoms with Gasteiger partial charge in [0.1, 0.15) is 0 Å². The second kappa shape index (κ2) is 5.56. The fourth-order valence-electron chi connectivity index (χ4n) is 2.28. The second-order valence-corrected chi connectivity index (χ2v) is 5.62. The summed E-state index contributed by atoms with van der Waals surface area (Å²) in [5, 5.41) is 8.80. The molecule has 1 aromatic carbocycles. The predicted octanol–water partition coefficient (Wildman–Crippen LogP) is 2.24. The average Bonchev–Trinajstić information content (AvgIpc) is 2.42. The highest BCUT2D eigenvalue weighted by molar-refractivity contribution is 6.35. The summed E-state index contributed by atoms with van der Waals surface area (Å²) in [6, 6.07) is 6.90. The zero-order valence-corrected chi connectivity index (χ0v) is 12.2. The molecule has 0 atom stereocenters. The smallest absolute Gasteiger partial charge is 0.267 e. The lowest BCUT2D eigenvalue weighted by Gasteiger charge is -2.17. The molecule has 0 radical (unpaired) electrons. The summed E-state index contributed by atoms with van der Waals surface area (Å²) < 4.78 is 1.46. The van der Waals surface area contributed by atoms with E-state index in [0.29, 0.717) is 23.1 Å². The number of halogens is 2. The molecule has 1 aliphatic heterocycles. The molecule has 0 amide bonds. The van der Waals surface area contributed by atoms with Crippen LogP contribution >= 0.6 is 23.2 Å². The standard InChI is InChI=1S/C14H13Cl2N3O/c15-11-2-1-9(12(16)6-11)8-19-14(20)5-10-7-17-4-3-13(10)18-19/h1-2,5-6,17H,3-4,7-8H2. The minimum atomic E-state index is -0.113. The molecule has 1 aliphatic rings. The Kier molecular flexibility index (Phi) is 3.78. The van der Waals surface area contributed by atoms with Crippen LogP contribution in [0.1, 0.15) is 16.8 Å². The Bertz CT molecular complexity index is 712. The zero-order valence-electron chi connectivity index (χ0n) is 10.7. The van der Waals surface area contributed by atoms with E-state index in [1.165, 1.54) is 4.68 Å². The molecule has 2 heterocycles. The van der Waals surface area contributed by atoms with Gasteiger partial charge >= 0.3 is 0 Å². The summed E-state index contributed by atoms with van der Waals surface area (Å²) in [6.45, 7) is 1.95. The Morgan fingerprint density at radius 3 is 2.95 bits per heavy atom. The van der Waals surface area contributed by atoms with E-state index in [1.54, 1.807) is 18.2 Å². The van der Waals surface area contributed by atoms with Crippen molar-refractivity contribution in [2.75, 3.05) is 6.54 Å². The van der Waals surface area contributed by atoms with Gasteiger partial charge in [0.25, 0.3) is 5.56 Å². The number of nitrogens with zero attached hydrogens (tertiary/aromatic N) is 2. The monoisotopic (exact) mass is 309 g/mol. The molecule has 1 aromatic heterocycles. The van der Waals surface area contributed by atoms with Crippen LogP contribution in [0, 0.1) is 0 Å². The van der Waals surface area contributed by atoms with E-state index >= 15 is 0 Å². The number of hydrogen-bond acceptors (Lipinski definition) is 3. The molecule has 0 spiro atoms. The molecule has 104 valence electrons. The van der Waals surface area contributed by atoms with Crippen LogP contribution in [0.5, 0.6) is 0 Å². The van der Waals surface area contributed by atoms with Crippen LogP contribution in [0.15, 0.2) is 29.1 Å². The first-order chi connectivity index (χ1) is 9.63. The van der Waals surface area contributed by atoms with E-state index in [9.17, 15) is 4.79 Å². The largest absolute Gasteiger partial charge is 0.312 e. The van der Waals surface area contributed by atoms with Crippen LogP contribution in [-0.2, 0) is 19.5 Å². The molecule has 4 nitrogen and oxygen atoms in total. The second-order valence-electron chi connectivity index (χ2n) is 4.77. The van der Waals surface area contributed by atoms with Crippen molar-refractivity contribution in [3.8, 4) is 0 Å². The molecule has 3 rings (SSSR count). The maximum absolute atomic E-state index is 12.1. The van der Waals surface area contributed by atoms with Gasteiger partial charge in [-0.2, -0.15) is 5.10 Å². The van der Waals surface area contributed by atoms with Crippen molar-refractivity contribution in [3.63, 3.8) is 0 Å². The zero-order chi connectivity index (χ0) is 14.1. The molecule has 2 aromatic rings. The van der Waals surface area contributed by atoms with Crippen LogP contribution in [0.25, 0.3) is 0 Å². The fourth-order valence-corrected chi connectivity index (χ4v) is 2.75. The third kappa shape index (κ3) is 2.73. The van der Waals surface area contributed by atoms with E-state index in [-0.39, 0.29) is 5.56 Å². The highest BCUT2D eigenvalue weighted by atomic mass is 35.5. The first kappa shape index (κ1) is 13.6. The van der Waals surface area contributed by atoms with Crippen molar-refractivity contribution in [2.24, 2.45) is 0 Å². The average molecular weight is 310 g/mol. The lowest BCUT2D eigenvalue weighted by Crippen LogP contribution is -2.31. The van der Waals surface area contributed by atoms with Gasteiger partial charge in [-0.05, 0) is 23.3 Å². The maximum atomic E-state index is 12.1. The Labute approximate surface area is 126 Å². The first-order valence-corrected chi connectivity index (χ1v) is 7.13. The molecule has 0 bridgehead atoms. The van der Waals surface area contributed by atoms with Gasteiger partial charge in [0.15, 0.2) is 0 Å². The van der Waals surface area contributed by atoms with Crippen LogP contribution in [0.2, 0.25) is 10.0 Å². The van der Waals surface area contributed by atoms with Gasteiger partial charge in [0.05, 0.1) is 12.2 Å². The van der Waals surface area contributed by atoms with Crippen LogP contribution in [0.3, 0.4) is 0 Å². The number of nitrogens with one attached hydrogen (secondary N) is 1. The lowest BCUT2D eigenvalue weighted by molar-refractivity contribution is 0.562. The van der Waals surface area contributed by atoms with Gasteiger partial charge in [-0.3, -0.25) is 4.79 Å². The first-order valence-electron chi connectivity index (χ1n) is 6.38. The number of rotatable bonds is 2. The number of fused-ring (bicyclic) bond motifs is 1. The van der Waals surface area contributed by atoms with Gasteiger partial charge < -0.3 is 5.32 Å². The Morgan fingerprint density at radius 2 is 2.15 bits per heavy atom. The van der Waals surface area contributed by atoms with Gasteiger partial charge in [-0.25, -0.2) is 4.68 Å². The number of hydrogen-bond donors (Lipinski definition) is 1. The summed E-state index contributed by atoms with van der Waals surface area (Å²) in [5.74, 6) is 0. The van der Waals surface area contributed by atoms with E-state index in [0.717, 1.165) is 29.8 Å². The molecule has 20 heavy (non-hydrogen) atoms. The molecule has 1 N–H and O–H groups in total. The highest BCUT2D eigenvalue weighted by Gasteiger charge is 2.13. The third-order valence-electron chi connectivity index (χ3n) is 3.35. The van der Waals surface area contributed by atoms with Crippen molar-refractivity contribution >= 4 is 23.2 Å². The van der Waals surface area contributed by atoms with Crippen molar-refractivity contribution in [1.82, 2.24) is 15.1 Å². The van der Waals surface area contributed by atoms with Crippen molar-refractivity contribution < 1.29 is 0 Å². The van der Waals surface area contributed by atoms with Gasteiger partial charge in [-0.1, -0.05) is 29.3 Å². The molecule has 6 heteroatoms. The molecule has 0 saturated heterocycles. The van der Waals surface area contributed by atoms with Crippen LogP contribution in [0.4, 0.5) is 0 Å². The van der Waals surface area contributed by atoms with E-state index in [2.05, 4.69) is 10.4 Å². The highest BCUT2D eigenvalue weighted by Crippen LogP contribution is 2.21.